The van der Waals surface area contributed by atoms with E-state index in [9.17, 15) is 4.79 Å². The highest BCUT2D eigenvalue weighted by Gasteiger charge is 2.25. The SMILES string of the molecule is O=Cc1ccc(-c2ccc3c(c2)Oc2ccccc2N3c2ccccc2)cc1. The third kappa shape index (κ3) is 2.74. The Labute approximate surface area is 163 Å². The molecule has 28 heavy (non-hydrogen) atoms. The highest BCUT2D eigenvalue weighted by Crippen LogP contribution is 2.50. The van der Waals surface area contributed by atoms with Crippen molar-refractivity contribution < 1.29 is 9.53 Å². The molecule has 1 heterocycles. The number of anilines is 3. The monoisotopic (exact) mass is 363 g/mol. The number of nitrogens with zero attached hydrogens (tertiary/aromatic N) is 1. The van der Waals surface area contributed by atoms with Crippen molar-refractivity contribution in [2.75, 3.05) is 4.90 Å². The predicted octanol–water partition coefficient (Wildman–Crippen LogP) is 6.74. The molecule has 0 radical (unpaired) electrons. The second kappa shape index (κ2) is 6.71. The van der Waals surface area contributed by atoms with Crippen LogP contribution >= 0.6 is 0 Å². The maximum atomic E-state index is 10.9. The zero-order valence-electron chi connectivity index (χ0n) is 15.1. The van der Waals surface area contributed by atoms with Gasteiger partial charge < -0.3 is 9.64 Å². The van der Waals surface area contributed by atoms with Gasteiger partial charge in [0.2, 0.25) is 0 Å². The van der Waals surface area contributed by atoms with Gasteiger partial charge in [-0.15, -0.1) is 0 Å². The van der Waals surface area contributed by atoms with Gasteiger partial charge in [0.25, 0.3) is 0 Å². The molecular weight excluding hydrogens is 346 g/mol. The van der Waals surface area contributed by atoms with Gasteiger partial charge in [0.15, 0.2) is 11.5 Å². The van der Waals surface area contributed by atoms with E-state index in [1.165, 1.54) is 0 Å². The Hall–Kier alpha value is -3.85. The Bertz CT molecular complexity index is 1150. The third-order valence-corrected chi connectivity index (χ3v) is 4.92. The van der Waals surface area contributed by atoms with Gasteiger partial charge in [0, 0.05) is 11.3 Å². The molecule has 0 fully saturated rings. The number of hydrogen-bond donors (Lipinski definition) is 0. The summed E-state index contributed by atoms with van der Waals surface area (Å²) < 4.78 is 6.24. The average Bonchev–Trinajstić information content (AvgIpc) is 2.77. The first kappa shape index (κ1) is 16.3. The van der Waals surface area contributed by atoms with Crippen molar-refractivity contribution in [1.82, 2.24) is 0 Å². The fourth-order valence-electron chi connectivity index (χ4n) is 3.55. The van der Waals surface area contributed by atoms with Gasteiger partial charge >= 0.3 is 0 Å². The zero-order chi connectivity index (χ0) is 18.9. The molecular formula is C25H17NO2. The first-order chi connectivity index (χ1) is 13.8. The molecule has 1 aliphatic heterocycles. The normalized spacial score (nSPS) is 11.9. The van der Waals surface area contributed by atoms with Crippen molar-refractivity contribution in [3.05, 3.63) is 103 Å². The molecule has 0 saturated heterocycles. The molecule has 0 amide bonds. The molecule has 3 heteroatoms. The number of para-hydroxylation sites is 3. The van der Waals surface area contributed by atoms with E-state index in [0.717, 1.165) is 46.0 Å². The minimum Gasteiger partial charge on any atom is -0.453 e. The first-order valence-electron chi connectivity index (χ1n) is 9.15. The minimum atomic E-state index is 0.669. The molecule has 1 aliphatic rings. The zero-order valence-corrected chi connectivity index (χ0v) is 15.1. The van der Waals surface area contributed by atoms with E-state index in [2.05, 4.69) is 41.3 Å². The lowest BCUT2D eigenvalue weighted by Crippen LogP contribution is -2.15. The molecule has 0 aromatic heterocycles. The van der Waals surface area contributed by atoms with Gasteiger partial charge in [-0.2, -0.15) is 0 Å². The molecule has 4 aromatic rings. The number of ether oxygens (including phenoxy) is 1. The molecule has 3 nitrogen and oxygen atoms in total. The van der Waals surface area contributed by atoms with Crippen LogP contribution in [-0.4, -0.2) is 6.29 Å². The summed E-state index contributed by atoms with van der Waals surface area (Å²) in [5, 5.41) is 0. The predicted molar refractivity (Wildman–Crippen MR) is 112 cm³/mol. The third-order valence-electron chi connectivity index (χ3n) is 4.92. The number of carbonyl (C=O) groups excluding carboxylic acids is 1. The van der Waals surface area contributed by atoms with Crippen molar-refractivity contribution in [2.24, 2.45) is 0 Å². The highest BCUT2D eigenvalue weighted by atomic mass is 16.5. The maximum Gasteiger partial charge on any atom is 0.152 e. The summed E-state index contributed by atoms with van der Waals surface area (Å²) in [7, 11) is 0. The van der Waals surface area contributed by atoms with Crippen molar-refractivity contribution in [2.45, 2.75) is 0 Å². The van der Waals surface area contributed by atoms with Crippen molar-refractivity contribution in [3.63, 3.8) is 0 Å². The van der Waals surface area contributed by atoms with Crippen molar-refractivity contribution >= 4 is 23.3 Å². The molecule has 0 spiro atoms. The summed E-state index contributed by atoms with van der Waals surface area (Å²) in [4.78, 5) is 13.1. The molecule has 134 valence electrons. The van der Waals surface area contributed by atoms with Crippen LogP contribution in [0.3, 0.4) is 0 Å². The van der Waals surface area contributed by atoms with Gasteiger partial charge in [-0.3, -0.25) is 4.79 Å². The largest absolute Gasteiger partial charge is 0.453 e. The van der Waals surface area contributed by atoms with Crippen LogP contribution in [0, 0.1) is 0 Å². The van der Waals surface area contributed by atoms with Crippen LogP contribution in [0.25, 0.3) is 11.1 Å². The number of rotatable bonds is 3. The molecule has 0 aliphatic carbocycles. The van der Waals surface area contributed by atoms with Gasteiger partial charge in [-0.1, -0.05) is 60.7 Å². The van der Waals surface area contributed by atoms with E-state index < -0.39 is 0 Å². The second-order valence-electron chi connectivity index (χ2n) is 6.66. The molecule has 0 saturated carbocycles. The lowest BCUT2D eigenvalue weighted by molar-refractivity contribution is 0.112. The van der Waals surface area contributed by atoms with Gasteiger partial charge in [-0.05, 0) is 47.5 Å². The topological polar surface area (TPSA) is 29.5 Å². The van der Waals surface area contributed by atoms with Gasteiger partial charge in [0.1, 0.15) is 6.29 Å². The molecule has 0 bridgehead atoms. The quantitative estimate of drug-likeness (QED) is 0.332. The van der Waals surface area contributed by atoms with E-state index in [1.807, 2.05) is 60.7 Å². The van der Waals surface area contributed by atoms with Crippen LogP contribution in [0.5, 0.6) is 11.5 Å². The van der Waals surface area contributed by atoms with Crippen LogP contribution < -0.4 is 9.64 Å². The van der Waals surface area contributed by atoms with Gasteiger partial charge in [-0.25, -0.2) is 0 Å². The summed E-state index contributed by atoms with van der Waals surface area (Å²) >= 11 is 0. The molecule has 4 aromatic carbocycles. The van der Waals surface area contributed by atoms with Crippen LogP contribution in [0.2, 0.25) is 0 Å². The van der Waals surface area contributed by atoms with E-state index in [0.29, 0.717) is 5.56 Å². The number of fused-ring (bicyclic) bond motifs is 2. The standard InChI is InChI=1S/C25H17NO2/c27-17-18-10-12-19(13-11-18)20-14-15-23-25(16-20)28-24-9-5-4-8-22(24)26(23)21-6-2-1-3-7-21/h1-17H. The summed E-state index contributed by atoms with van der Waals surface area (Å²) in [6, 6.07) is 32.1. The Balaban J connectivity index is 1.64. The van der Waals surface area contributed by atoms with Crippen LogP contribution in [-0.2, 0) is 0 Å². The maximum absolute atomic E-state index is 10.9. The number of benzene rings is 4. The number of hydrogen-bond acceptors (Lipinski definition) is 3. The fourth-order valence-corrected chi connectivity index (χ4v) is 3.55. The Kier molecular flexibility index (Phi) is 3.91. The van der Waals surface area contributed by atoms with Crippen molar-refractivity contribution in [3.8, 4) is 22.6 Å². The molecule has 0 atom stereocenters. The van der Waals surface area contributed by atoms with E-state index >= 15 is 0 Å². The van der Waals surface area contributed by atoms with Crippen LogP contribution in [0.1, 0.15) is 10.4 Å². The smallest absolute Gasteiger partial charge is 0.152 e. The average molecular weight is 363 g/mol. The number of aldehydes is 1. The Morgan fingerprint density at radius 2 is 1.32 bits per heavy atom. The molecule has 0 unspecified atom stereocenters. The van der Waals surface area contributed by atoms with E-state index in [-0.39, 0.29) is 0 Å². The second-order valence-corrected chi connectivity index (χ2v) is 6.66. The van der Waals surface area contributed by atoms with Crippen LogP contribution in [0.4, 0.5) is 17.1 Å². The highest BCUT2D eigenvalue weighted by molar-refractivity contribution is 5.88. The summed E-state index contributed by atoms with van der Waals surface area (Å²) in [5.41, 5.74) is 5.86. The minimum absolute atomic E-state index is 0.669. The molecule has 5 rings (SSSR count). The van der Waals surface area contributed by atoms with Gasteiger partial charge in [0.05, 0.1) is 11.4 Å². The molecule has 0 N–H and O–H groups in total. The fraction of sp³-hybridized carbons (Fsp3) is 0. The summed E-state index contributed by atoms with van der Waals surface area (Å²) in [6.45, 7) is 0. The lowest BCUT2D eigenvalue weighted by atomic mass is 10.0. The van der Waals surface area contributed by atoms with E-state index in [1.54, 1.807) is 0 Å². The lowest BCUT2D eigenvalue weighted by Gasteiger charge is -2.33. The summed E-state index contributed by atoms with van der Waals surface area (Å²) in [5.74, 6) is 1.63. The van der Waals surface area contributed by atoms with Crippen molar-refractivity contribution in [1.29, 1.82) is 0 Å². The summed E-state index contributed by atoms with van der Waals surface area (Å²) in [6.07, 6.45) is 0.856. The van der Waals surface area contributed by atoms with E-state index in [4.69, 9.17) is 4.74 Å². The number of carbonyl (C=O) groups is 1. The Morgan fingerprint density at radius 1 is 0.643 bits per heavy atom. The first-order valence-corrected chi connectivity index (χ1v) is 9.15. The Morgan fingerprint density at radius 3 is 2.11 bits per heavy atom. The van der Waals surface area contributed by atoms with Crippen LogP contribution in [0.15, 0.2) is 97.1 Å².